The molecule has 0 aromatic carbocycles. The summed E-state index contributed by atoms with van der Waals surface area (Å²) in [7, 11) is 0. The summed E-state index contributed by atoms with van der Waals surface area (Å²) in [5.41, 5.74) is 0. The van der Waals surface area contributed by atoms with Crippen molar-refractivity contribution in [3.8, 4) is 0 Å². The number of furan rings is 1. The summed E-state index contributed by atoms with van der Waals surface area (Å²) >= 11 is 5.15. The van der Waals surface area contributed by atoms with Gasteiger partial charge in [0.2, 0.25) is 0 Å². The zero-order valence-electron chi connectivity index (χ0n) is 9.63. The molecule has 0 fully saturated rings. The summed E-state index contributed by atoms with van der Waals surface area (Å²) in [6.07, 6.45) is 0. The standard InChI is InChI=1S/C11H18N2OS/c1-7(2)12-11(15)13-9(4)10-6-5-8(3)14-10/h5-7,9H,1-4H3,(H2,12,13,15). The van der Waals surface area contributed by atoms with Crippen molar-refractivity contribution in [2.45, 2.75) is 39.8 Å². The molecule has 1 atom stereocenters. The molecule has 0 bridgehead atoms. The smallest absolute Gasteiger partial charge is 0.167 e. The van der Waals surface area contributed by atoms with Gasteiger partial charge in [-0.3, -0.25) is 0 Å². The zero-order valence-corrected chi connectivity index (χ0v) is 10.4. The molecule has 0 saturated carbocycles. The summed E-state index contributed by atoms with van der Waals surface area (Å²) < 4.78 is 5.50. The van der Waals surface area contributed by atoms with Crippen LogP contribution in [0.3, 0.4) is 0 Å². The first-order valence-electron chi connectivity index (χ1n) is 5.12. The maximum atomic E-state index is 5.50. The van der Waals surface area contributed by atoms with Gasteiger partial charge in [-0.2, -0.15) is 0 Å². The second kappa shape index (κ2) is 5.16. The fourth-order valence-corrected chi connectivity index (χ4v) is 1.67. The predicted molar refractivity (Wildman–Crippen MR) is 65.9 cm³/mol. The number of hydrogen-bond acceptors (Lipinski definition) is 2. The van der Waals surface area contributed by atoms with Gasteiger partial charge in [0.25, 0.3) is 0 Å². The third-order valence-corrected chi connectivity index (χ3v) is 2.19. The summed E-state index contributed by atoms with van der Waals surface area (Å²) in [4.78, 5) is 0. The Labute approximate surface area is 96.2 Å². The molecule has 0 radical (unpaired) electrons. The van der Waals surface area contributed by atoms with Crippen LogP contribution in [0.5, 0.6) is 0 Å². The molecule has 84 valence electrons. The van der Waals surface area contributed by atoms with Gasteiger partial charge in [0, 0.05) is 6.04 Å². The van der Waals surface area contributed by atoms with Gasteiger partial charge in [0.15, 0.2) is 5.11 Å². The average molecular weight is 226 g/mol. The minimum Gasteiger partial charge on any atom is -0.464 e. The summed E-state index contributed by atoms with van der Waals surface area (Å²) in [6, 6.07) is 4.35. The van der Waals surface area contributed by atoms with Crippen molar-refractivity contribution in [1.82, 2.24) is 10.6 Å². The van der Waals surface area contributed by atoms with Crippen LogP contribution in [-0.4, -0.2) is 11.2 Å². The highest BCUT2D eigenvalue weighted by molar-refractivity contribution is 7.80. The van der Waals surface area contributed by atoms with Gasteiger partial charge in [-0.1, -0.05) is 0 Å². The topological polar surface area (TPSA) is 37.2 Å². The van der Waals surface area contributed by atoms with Gasteiger partial charge < -0.3 is 15.1 Å². The minimum absolute atomic E-state index is 0.0949. The van der Waals surface area contributed by atoms with Gasteiger partial charge in [-0.05, 0) is 52.0 Å². The Balaban J connectivity index is 2.48. The molecule has 1 aromatic rings. The lowest BCUT2D eigenvalue weighted by atomic mass is 10.2. The first-order chi connectivity index (χ1) is 6.99. The largest absolute Gasteiger partial charge is 0.464 e. The Hall–Kier alpha value is -1.03. The summed E-state index contributed by atoms with van der Waals surface area (Å²) in [5.74, 6) is 1.82. The highest BCUT2D eigenvalue weighted by Crippen LogP contribution is 2.15. The normalized spacial score (nSPS) is 12.6. The molecule has 3 nitrogen and oxygen atoms in total. The third-order valence-electron chi connectivity index (χ3n) is 1.96. The van der Waals surface area contributed by atoms with E-state index in [1.54, 1.807) is 0 Å². The van der Waals surface area contributed by atoms with Gasteiger partial charge in [-0.25, -0.2) is 0 Å². The van der Waals surface area contributed by atoms with Crippen LogP contribution < -0.4 is 10.6 Å². The first kappa shape index (κ1) is 12.0. The van der Waals surface area contributed by atoms with Gasteiger partial charge in [-0.15, -0.1) is 0 Å². The van der Waals surface area contributed by atoms with E-state index in [0.29, 0.717) is 11.2 Å². The van der Waals surface area contributed by atoms with E-state index in [1.807, 2.05) is 26.0 Å². The first-order valence-corrected chi connectivity index (χ1v) is 5.53. The second-order valence-corrected chi connectivity index (χ2v) is 4.35. The maximum absolute atomic E-state index is 5.50. The van der Waals surface area contributed by atoms with Crippen LogP contribution in [0, 0.1) is 6.92 Å². The quantitative estimate of drug-likeness (QED) is 0.777. The lowest BCUT2D eigenvalue weighted by Gasteiger charge is -2.17. The van der Waals surface area contributed by atoms with Crippen LogP contribution >= 0.6 is 12.2 Å². The Morgan fingerprint density at radius 3 is 2.40 bits per heavy atom. The van der Waals surface area contributed by atoms with Crippen LogP contribution in [-0.2, 0) is 0 Å². The predicted octanol–water partition coefficient (Wildman–Crippen LogP) is 2.52. The van der Waals surface area contributed by atoms with Crippen LogP contribution in [0.4, 0.5) is 0 Å². The molecule has 1 aromatic heterocycles. The fourth-order valence-electron chi connectivity index (χ4n) is 1.26. The highest BCUT2D eigenvalue weighted by atomic mass is 32.1. The van der Waals surface area contributed by atoms with E-state index >= 15 is 0 Å². The van der Waals surface area contributed by atoms with Crippen LogP contribution in [0.25, 0.3) is 0 Å². The Bertz CT molecular complexity index is 333. The van der Waals surface area contributed by atoms with E-state index in [9.17, 15) is 0 Å². The molecule has 1 unspecified atom stereocenters. The minimum atomic E-state index is 0.0949. The van der Waals surface area contributed by atoms with Crippen molar-refractivity contribution in [3.05, 3.63) is 23.7 Å². The molecular formula is C11H18N2OS. The number of rotatable bonds is 3. The lowest BCUT2D eigenvalue weighted by molar-refractivity contribution is 0.442. The van der Waals surface area contributed by atoms with Crippen LogP contribution in [0.2, 0.25) is 0 Å². The average Bonchev–Trinajstić information content (AvgIpc) is 2.49. The number of thiocarbonyl (C=S) groups is 1. The molecule has 0 spiro atoms. The molecule has 1 rings (SSSR count). The SMILES string of the molecule is Cc1ccc(C(C)NC(=S)NC(C)C)o1. The lowest BCUT2D eigenvalue weighted by Crippen LogP contribution is -2.40. The summed E-state index contributed by atoms with van der Waals surface area (Å²) in [5, 5.41) is 6.96. The molecular weight excluding hydrogens is 208 g/mol. The van der Waals surface area contributed by atoms with Crippen molar-refractivity contribution in [2.24, 2.45) is 0 Å². The van der Waals surface area contributed by atoms with Crippen molar-refractivity contribution in [2.75, 3.05) is 0 Å². The Morgan fingerprint density at radius 2 is 1.93 bits per heavy atom. The van der Waals surface area contributed by atoms with E-state index in [1.165, 1.54) is 0 Å². The second-order valence-electron chi connectivity index (χ2n) is 3.94. The van der Waals surface area contributed by atoms with E-state index in [-0.39, 0.29) is 6.04 Å². The number of hydrogen-bond donors (Lipinski definition) is 2. The van der Waals surface area contributed by atoms with E-state index < -0.39 is 0 Å². The van der Waals surface area contributed by atoms with Crippen molar-refractivity contribution >= 4 is 17.3 Å². The van der Waals surface area contributed by atoms with Gasteiger partial charge in [0.05, 0.1) is 6.04 Å². The number of aryl methyl sites for hydroxylation is 1. The van der Waals surface area contributed by atoms with Gasteiger partial charge in [0.1, 0.15) is 11.5 Å². The molecule has 2 N–H and O–H groups in total. The molecule has 0 aliphatic heterocycles. The molecule has 0 aliphatic rings. The van der Waals surface area contributed by atoms with E-state index in [4.69, 9.17) is 16.6 Å². The van der Waals surface area contributed by atoms with Crippen LogP contribution in [0.1, 0.15) is 38.3 Å². The number of nitrogens with one attached hydrogen (secondary N) is 2. The van der Waals surface area contributed by atoms with E-state index in [2.05, 4.69) is 24.5 Å². The van der Waals surface area contributed by atoms with Gasteiger partial charge >= 0.3 is 0 Å². The molecule has 0 aliphatic carbocycles. The monoisotopic (exact) mass is 226 g/mol. The Kier molecular flexibility index (Phi) is 4.15. The third kappa shape index (κ3) is 3.91. The summed E-state index contributed by atoms with van der Waals surface area (Å²) in [6.45, 7) is 8.05. The van der Waals surface area contributed by atoms with Crippen LogP contribution in [0.15, 0.2) is 16.5 Å². The molecule has 1 heterocycles. The van der Waals surface area contributed by atoms with Crippen molar-refractivity contribution < 1.29 is 4.42 Å². The zero-order chi connectivity index (χ0) is 11.4. The highest BCUT2D eigenvalue weighted by Gasteiger charge is 2.10. The molecule has 0 amide bonds. The fraction of sp³-hybridized carbons (Fsp3) is 0.545. The maximum Gasteiger partial charge on any atom is 0.167 e. The Morgan fingerprint density at radius 1 is 1.27 bits per heavy atom. The van der Waals surface area contributed by atoms with Crippen molar-refractivity contribution in [1.29, 1.82) is 0 Å². The molecule has 15 heavy (non-hydrogen) atoms. The molecule has 4 heteroatoms. The molecule has 0 saturated heterocycles. The van der Waals surface area contributed by atoms with Crippen molar-refractivity contribution in [3.63, 3.8) is 0 Å². The van der Waals surface area contributed by atoms with E-state index in [0.717, 1.165) is 11.5 Å².